The number of anilines is 2. The molecule has 0 aromatic heterocycles. The molecule has 0 bridgehead atoms. The van der Waals surface area contributed by atoms with Gasteiger partial charge in [-0.05, 0) is 48.4 Å². The number of hydrogen-bond acceptors (Lipinski definition) is 3. The van der Waals surface area contributed by atoms with Crippen molar-refractivity contribution in [3.8, 4) is 5.75 Å². The molecule has 0 aliphatic heterocycles. The van der Waals surface area contributed by atoms with E-state index < -0.39 is 0 Å². The third-order valence-corrected chi connectivity index (χ3v) is 3.42. The second-order valence-corrected chi connectivity index (χ2v) is 5.00. The summed E-state index contributed by atoms with van der Waals surface area (Å²) < 4.78 is 5.08. The van der Waals surface area contributed by atoms with Gasteiger partial charge in [0, 0.05) is 24.3 Å². The summed E-state index contributed by atoms with van der Waals surface area (Å²) in [5, 5.41) is 6.11. The minimum absolute atomic E-state index is 0.0113. The van der Waals surface area contributed by atoms with Crippen LogP contribution in [0, 0.1) is 0 Å². The summed E-state index contributed by atoms with van der Waals surface area (Å²) in [5.74, 6) is 0.762. The molecule has 2 aromatic rings. The van der Waals surface area contributed by atoms with E-state index >= 15 is 0 Å². The highest BCUT2D eigenvalue weighted by Gasteiger charge is 2.02. The molecule has 2 rings (SSSR count). The Morgan fingerprint density at radius 2 is 1.64 bits per heavy atom. The van der Waals surface area contributed by atoms with Gasteiger partial charge in [0.1, 0.15) is 5.75 Å². The van der Waals surface area contributed by atoms with E-state index in [1.807, 2.05) is 36.4 Å². The Morgan fingerprint density at radius 1 is 1.00 bits per heavy atom. The maximum absolute atomic E-state index is 11.9. The number of methoxy groups -OCH3 is 1. The van der Waals surface area contributed by atoms with Crippen LogP contribution in [-0.4, -0.2) is 19.6 Å². The van der Waals surface area contributed by atoms with Gasteiger partial charge in [0.15, 0.2) is 0 Å². The zero-order chi connectivity index (χ0) is 15.8. The number of hydrogen-bond donors (Lipinski definition) is 2. The molecule has 1 amide bonds. The molecule has 0 saturated carbocycles. The number of carbonyl (C=O) groups excluding carboxylic acids is 1. The predicted molar refractivity (Wildman–Crippen MR) is 90.6 cm³/mol. The lowest BCUT2D eigenvalue weighted by Gasteiger charge is -2.08. The van der Waals surface area contributed by atoms with Crippen LogP contribution in [0.15, 0.2) is 48.5 Å². The SMILES string of the molecule is CCc1ccc(NCCC(=O)Nc2ccc(OC)cc2)cc1. The lowest BCUT2D eigenvalue weighted by Crippen LogP contribution is -2.16. The van der Waals surface area contributed by atoms with Gasteiger partial charge in [-0.15, -0.1) is 0 Å². The molecule has 0 fully saturated rings. The molecule has 0 atom stereocenters. The number of amides is 1. The molecule has 0 heterocycles. The van der Waals surface area contributed by atoms with Crippen LogP contribution < -0.4 is 15.4 Å². The molecule has 0 unspecified atom stereocenters. The Kier molecular flexibility index (Phi) is 5.83. The smallest absolute Gasteiger partial charge is 0.226 e. The first kappa shape index (κ1) is 15.9. The van der Waals surface area contributed by atoms with E-state index in [2.05, 4.69) is 29.7 Å². The van der Waals surface area contributed by atoms with Crippen LogP contribution in [0.1, 0.15) is 18.9 Å². The average molecular weight is 298 g/mol. The Hall–Kier alpha value is -2.49. The molecule has 22 heavy (non-hydrogen) atoms. The number of benzene rings is 2. The van der Waals surface area contributed by atoms with Crippen molar-refractivity contribution in [2.75, 3.05) is 24.3 Å². The minimum atomic E-state index is -0.0113. The Morgan fingerprint density at radius 3 is 2.23 bits per heavy atom. The minimum Gasteiger partial charge on any atom is -0.497 e. The van der Waals surface area contributed by atoms with E-state index in [1.54, 1.807) is 7.11 Å². The summed E-state index contributed by atoms with van der Waals surface area (Å²) in [6.45, 7) is 2.74. The second kappa shape index (κ2) is 8.08. The lowest BCUT2D eigenvalue weighted by atomic mass is 10.1. The fourth-order valence-corrected chi connectivity index (χ4v) is 2.08. The number of ether oxygens (including phenoxy) is 1. The van der Waals surface area contributed by atoms with E-state index in [1.165, 1.54) is 5.56 Å². The normalized spacial score (nSPS) is 10.1. The lowest BCUT2D eigenvalue weighted by molar-refractivity contribution is -0.115. The van der Waals surface area contributed by atoms with Crippen molar-refractivity contribution < 1.29 is 9.53 Å². The number of carbonyl (C=O) groups is 1. The van der Waals surface area contributed by atoms with Gasteiger partial charge in [0.2, 0.25) is 5.91 Å². The molecule has 0 saturated heterocycles. The standard InChI is InChI=1S/C18H22N2O2/c1-3-14-4-6-15(7-5-14)19-13-12-18(21)20-16-8-10-17(22-2)11-9-16/h4-11,19H,3,12-13H2,1-2H3,(H,20,21). The summed E-state index contributed by atoms with van der Waals surface area (Å²) in [5.41, 5.74) is 3.12. The van der Waals surface area contributed by atoms with Crippen molar-refractivity contribution in [3.63, 3.8) is 0 Å². The van der Waals surface area contributed by atoms with Crippen LogP contribution in [0.4, 0.5) is 11.4 Å². The van der Waals surface area contributed by atoms with E-state index in [0.29, 0.717) is 13.0 Å². The van der Waals surface area contributed by atoms with Crippen LogP contribution in [0.2, 0.25) is 0 Å². The van der Waals surface area contributed by atoms with Gasteiger partial charge in [0.05, 0.1) is 7.11 Å². The first-order chi connectivity index (χ1) is 10.7. The van der Waals surface area contributed by atoms with Crippen molar-refractivity contribution in [2.24, 2.45) is 0 Å². The van der Waals surface area contributed by atoms with Crippen molar-refractivity contribution in [2.45, 2.75) is 19.8 Å². The zero-order valence-corrected chi connectivity index (χ0v) is 13.1. The van der Waals surface area contributed by atoms with Gasteiger partial charge in [-0.2, -0.15) is 0 Å². The van der Waals surface area contributed by atoms with Gasteiger partial charge >= 0.3 is 0 Å². The summed E-state index contributed by atoms with van der Waals surface area (Å²) >= 11 is 0. The van der Waals surface area contributed by atoms with Crippen LogP contribution in [-0.2, 0) is 11.2 Å². The first-order valence-corrected chi connectivity index (χ1v) is 7.48. The fraction of sp³-hybridized carbons (Fsp3) is 0.278. The Bertz CT molecular complexity index is 591. The number of aryl methyl sites for hydroxylation is 1. The molecular formula is C18H22N2O2. The van der Waals surface area contributed by atoms with Crippen LogP contribution >= 0.6 is 0 Å². The maximum Gasteiger partial charge on any atom is 0.226 e. The number of nitrogens with one attached hydrogen (secondary N) is 2. The Balaban J connectivity index is 1.74. The molecule has 0 spiro atoms. The van der Waals surface area contributed by atoms with E-state index in [9.17, 15) is 4.79 Å². The van der Waals surface area contributed by atoms with Crippen LogP contribution in [0.3, 0.4) is 0 Å². The van der Waals surface area contributed by atoms with Gasteiger partial charge in [0.25, 0.3) is 0 Å². The molecule has 0 aliphatic carbocycles. The van der Waals surface area contributed by atoms with E-state index in [0.717, 1.165) is 23.5 Å². The van der Waals surface area contributed by atoms with Crippen molar-refractivity contribution in [1.29, 1.82) is 0 Å². The van der Waals surface area contributed by atoms with Gasteiger partial charge in [-0.1, -0.05) is 19.1 Å². The van der Waals surface area contributed by atoms with Gasteiger partial charge < -0.3 is 15.4 Å². The quantitative estimate of drug-likeness (QED) is 0.819. The summed E-state index contributed by atoms with van der Waals surface area (Å²) in [6.07, 6.45) is 1.45. The predicted octanol–water partition coefficient (Wildman–Crippen LogP) is 3.70. The highest BCUT2D eigenvalue weighted by Crippen LogP contribution is 2.15. The molecule has 2 aromatic carbocycles. The Labute approximate surface area is 131 Å². The molecule has 2 N–H and O–H groups in total. The molecule has 0 aliphatic rings. The summed E-state index contributed by atoms with van der Waals surface area (Å²) in [6, 6.07) is 15.6. The first-order valence-electron chi connectivity index (χ1n) is 7.48. The van der Waals surface area contributed by atoms with Crippen molar-refractivity contribution in [1.82, 2.24) is 0 Å². The largest absolute Gasteiger partial charge is 0.497 e. The molecule has 0 radical (unpaired) electrons. The van der Waals surface area contributed by atoms with Crippen LogP contribution in [0.5, 0.6) is 5.75 Å². The maximum atomic E-state index is 11.9. The van der Waals surface area contributed by atoms with Crippen LogP contribution in [0.25, 0.3) is 0 Å². The monoisotopic (exact) mass is 298 g/mol. The topological polar surface area (TPSA) is 50.4 Å². The third kappa shape index (κ3) is 4.81. The number of rotatable bonds is 7. The molecule has 4 nitrogen and oxygen atoms in total. The molecule has 116 valence electrons. The average Bonchev–Trinajstić information content (AvgIpc) is 2.56. The van der Waals surface area contributed by atoms with Gasteiger partial charge in [-0.25, -0.2) is 0 Å². The second-order valence-electron chi connectivity index (χ2n) is 5.00. The fourth-order valence-electron chi connectivity index (χ4n) is 2.08. The zero-order valence-electron chi connectivity index (χ0n) is 13.1. The third-order valence-electron chi connectivity index (χ3n) is 3.42. The van der Waals surface area contributed by atoms with Crippen molar-refractivity contribution in [3.05, 3.63) is 54.1 Å². The summed E-state index contributed by atoms with van der Waals surface area (Å²) in [4.78, 5) is 11.9. The highest BCUT2D eigenvalue weighted by atomic mass is 16.5. The molecular weight excluding hydrogens is 276 g/mol. The highest BCUT2D eigenvalue weighted by molar-refractivity contribution is 5.91. The summed E-state index contributed by atoms with van der Waals surface area (Å²) in [7, 11) is 1.62. The molecule has 4 heteroatoms. The van der Waals surface area contributed by atoms with E-state index in [-0.39, 0.29) is 5.91 Å². The van der Waals surface area contributed by atoms with Crippen molar-refractivity contribution >= 4 is 17.3 Å². The van der Waals surface area contributed by atoms with E-state index in [4.69, 9.17) is 4.74 Å². The van der Waals surface area contributed by atoms with Gasteiger partial charge in [-0.3, -0.25) is 4.79 Å².